The van der Waals surface area contributed by atoms with Gasteiger partial charge in [0, 0.05) is 6.92 Å². The third kappa shape index (κ3) is 1.55. The molecule has 0 amide bonds. The number of hydrogen-bond acceptors (Lipinski definition) is 3. The van der Waals surface area contributed by atoms with Crippen LogP contribution in [0.3, 0.4) is 0 Å². The molecule has 0 aromatic carbocycles. The number of carbonyl (C=O) groups is 1. The van der Waals surface area contributed by atoms with Gasteiger partial charge in [-0.15, -0.1) is 0 Å². The first-order chi connectivity index (χ1) is 5.11. The van der Waals surface area contributed by atoms with E-state index < -0.39 is 0 Å². The van der Waals surface area contributed by atoms with Gasteiger partial charge in [-0.05, 0) is 18.6 Å². The van der Waals surface area contributed by atoms with Crippen molar-refractivity contribution in [3.8, 4) is 0 Å². The Morgan fingerprint density at radius 3 is 2.73 bits per heavy atom. The van der Waals surface area contributed by atoms with Crippen LogP contribution in [0.5, 0.6) is 0 Å². The Hall–Kier alpha value is -1.38. The molecule has 0 spiro atoms. The molecule has 1 aromatic rings. The summed E-state index contributed by atoms with van der Waals surface area (Å²) in [6.07, 6.45) is 1.49. The van der Waals surface area contributed by atoms with E-state index >= 15 is 0 Å². The fourth-order valence-electron chi connectivity index (χ4n) is 0.965. The van der Waals surface area contributed by atoms with E-state index in [9.17, 15) is 4.79 Å². The average Bonchev–Trinajstić information content (AvgIpc) is 1.85. The molecule has 11 heavy (non-hydrogen) atoms. The van der Waals surface area contributed by atoms with Gasteiger partial charge < -0.3 is 5.73 Å². The zero-order chi connectivity index (χ0) is 8.43. The molecule has 1 heterocycles. The number of aryl methyl sites for hydroxylation is 1. The van der Waals surface area contributed by atoms with Crippen molar-refractivity contribution in [2.24, 2.45) is 0 Å². The monoisotopic (exact) mass is 150 g/mol. The summed E-state index contributed by atoms with van der Waals surface area (Å²) in [6.45, 7) is 3.31. The van der Waals surface area contributed by atoms with Crippen molar-refractivity contribution in [1.29, 1.82) is 0 Å². The van der Waals surface area contributed by atoms with Crippen LogP contribution in [-0.4, -0.2) is 10.8 Å². The molecule has 0 atom stereocenters. The van der Waals surface area contributed by atoms with Gasteiger partial charge in [0.15, 0.2) is 5.78 Å². The zero-order valence-corrected chi connectivity index (χ0v) is 6.59. The Labute approximate surface area is 65.2 Å². The molecular weight excluding hydrogens is 140 g/mol. The Morgan fingerprint density at radius 1 is 1.64 bits per heavy atom. The second kappa shape index (κ2) is 2.70. The van der Waals surface area contributed by atoms with E-state index in [2.05, 4.69) is 4.98 Å². The minimum Gasteiger partial charge on any atom is -0.397 e. The van der Waals surface area contributed by atoms with Crippen molar-refractivity contribution in [3.63, 3.8) is 0 Å². The predicted octanol–water partition coefficient (Wildman–Crippen LogP) is 1.17. The maximum Gasteiger partial charge on any atom is 0.178 e. The lowest BCUT2D eigenvalue weighted by molar-refractivity contribution is 0.101. The summed E-state index contributed by atoms with van der Waals surface area (Å²) in [5.74, 6) is -0.0255. The van der Waals surface area contributed by atoms with Crippen LogP contribution in [0.25, 0.3) is 0 Å². The first kappa shape index (κ1) is 7.72. The highest BCUT2D eigenvalue weighted by molar-refractivity contribution is 5.93. The molecule has 0 aliphatic heterocycles. The normalized spacial score (nSPS) is 9.64. The lowest BCUT2D eigenvalue weighted by atomic mass is 10.1. The Balaban J connectivity index is 3.20. The molecule has 0 radical (unpaired) electrons. The van der Waals surface area contributed by atoms with E-state index in [4.69, 9.17) is 5.73 Å². The zero-order valence-electron chi connectivity index (χ0n) is 6.59. The Morgan fingerprint density at radius 2 is 2.27 bits per heavy atom. The van der Waals surface area contributed by atoms with Crippen LogP contribution in [0.1, 0.15) is 23.0 Å². The lowest BCUT2D eigenvalue weighted by Gasteiger charge is -2.00. The molecule has 58 valence electrons. The van der Waals surface area contributed by atoms with Crippen LogP contribution in [0.2, 0.25) is 0 Å². The smallest absolute Gasteiger partial charge is 0.178 e. The number of aromatic nitrogens is 1. The maximum absolute atomic E-state index is 10.9. The molecule has 0 aliphatic carbocycles. The van der Waals surface area contributed by atoms with E-state index in [1.54, 1.807) is 6.07 Å². The number of carbonyl (C=O) groups excluding carboxylic acids is 1. The SMILES string of the molecule is CC(=O)c1ncc(N)cc1C. The molecule has 0 aliphatic rings. The molecule has 1 aromatic heterocycles. The van der Waals surface area contributed by atoms with Gasteiger partial charge in [0.05, 0.1) is 11.9 Å². The van der Waals surface area contributed by atoms with Crippen LogP contribution < -0.4 is 5.73 Å². The number of Topliss-reactive ketones (excluding diaryl/α,β-unsaturated/α-hetero) is 1. The van der Waals surface area contributed by atoms with Gasteiger partial charge >= 0.3 is 0 Å². The number of ketones is 1. The second-order valence-corrected chi connectivity index (χ2v) is 2.49. The van der Waals surface area contributed by atoms with Crippen LogP contribution in [-0.2, 0) is 0 Å². The highest BCUT2D eigenvalue weighted by Crippen LogP contribution is 2.08. The first-order valence-electron chi connectivity index (χ1n) is 3.34. The molecule has 0 bridgehead atoms. The Kier molecular flexibility index (Phi) is 1.89. The van der Waals surface area contributed by atoms with Crippen molar-refractivity contribution in [2.75, 3.05) is 5.73 Å². The molecule has 0 saturated carbocycles. The number of pyridine rings is 1. The molecule has 3 heteroatoms. The summed E-state index contributed by atoms with van der Waals surface area (Å²) >= 11 is 0. The number of nitrogen functional groups attached to an aromatic ring is 1. The minimum absolute atomic E-state index is 0.0255. The average molecular weight is 150 g/mol. The van der Waals surface area contributed by atoms with Crippen molar-refractivity contribution in [3.05, 3.63) is 23.5 Å². The van der Waals surface area contributed by atoms with E-state index in [1.807, 2.05) is 6.92 Å². The summed E-state index contributed by atoms with van der Waals surface area (Å²) in [6, 6.07) is 1.74. The molecule has 3 nitrogen and oxygen atoms in total. The van der Waals surface area contributed by atoms with Crippen molar-refractivity contribution in [2.45, 2.75) is 13.8 Å². The molecule has 0 unspecified atom stereocenters. The predicted molar refractivity (Wildman–Crippen MR) is 43.4 cm³/mol. The Bertz CT molecular complexity index is 294. The highest BCUT2D eigenvalue weighted by Gasteiger charge is 2.03. The summed E-state index contributed by atoms with van der Waals surface area (Å²) in [5.41, 5.74) is 7.37. The fraction of sp³-hybridized carbons (Fsp3) is 0.250. The molecule has 0 fully saturated rings. The van der Waals surface area contributed by atoms with Crippen LogP contribution in [0.15, 0.2) is 12.3 Å². The molecule has 1 rings (SSSR count). The number of nitrogens with two attached hydrogens (primary N) is 1. The third-order valence-electron chi connectivity index (χ3n) is 1.43. The largest absolute Gasteiger partial charge is 0.397 e. The summed E-state index contributed by atoms with van der Waals surface area (Å²) in [4.78, 5) is 14.8. The number of rotatable bonds is 1. The topological polar surface area (TPSA) is 56.0 Å². The number of anilines is 1. The highest BCUT2D eigenvalue weighted by atomic mass is 16.1. The molecule has 2 N–H and O–H groups in total. The van der Waals surface area contributed by atoms with Crippen LogP contribution in [0.4, 0.5) is 5.69 Å². The van der Waals surface area contributed by atoms with Crippen molar-refractivity contribution >= 4 is 11.5 Å². The maximum atomic E-state index is 10.9. The van der Waals surface area contributed by atoms with Crippen molar-refractivity contribution in [1.82, 2.24) is 4.98 Å². The van der Waals surface area contributed by atoms with Gasteiger partial charge in [-0.3, -0.25) is 9.78 Å². The van der Waals surface area contributed by atoms with E-state index in [1.165, 1.54) is 13.1 Å². The summed E-state index contributed by atoms with van der Waals surface area (Å²) in [7, 11) is 0. The van der Waals surface area contributed by atoms with E-state index in [0.29, 0.717) is 11.4 Å². The number of nitrogens with zero attached hydrogens (tertiary/aromatic N) is 1. The van der Waals surface area contributed by atoms with E-state index in [0.717, 1.165) is 5.56 Å². The van der Waals surface area contributed by atoms with Crippen molar-refractivity contribution < 1.29 is 4.79 Å². The standard InChI is InChI=1S/C8H10N2O/c1-5-3-7(9)4-10-8(5)6(2)11/h3-4H,9H2,1-2H3. The first-order valence-corrected chi connectivity index (χ1v) is 3.34. The van der Waals surface area contributed by atoms with Gasteiger partial charge in [0.2, 0.25) is 0 Å². The van der Waals surface area contributed by atoms with E-state index in [-0.39, 0.29) is 5.78 Å². The third-order valence-corrected chi connectivity index (χ3v) is 1.43. The summed E-state index contributed by atoms with van der Waals surface area (Å²) < 4.78 is 0. The van der Waals surface area contributed by atoms with Gasteiger partial charge in [-0.25, -0.2) is 0 Å². The fourth-order valence-corrected chi connectivity index (χ4v) is 0.965. The second-order valence-electron chi connectivity index (χ2n) is 2.49. The van der Waals surface area contributed by atoms with Gasteiger partial charge in [0.1, 0.15) is 5.69 Å². The molecular formula is C8H10N2O. The quantitative estimate of drug-likeness (QED) is 0.611. The van der Waals surface area contributed by atoms with Crippen LogP contribution in [0, 0.1) is 6.92 Å². The van der Waals surface area contributed by atoms with Gasteiger partial charge in [-0.2, -0.15) is 0 Å². The minimum atomic E-state index is -0.0255. The lowest BCUT2D eigenvalue weighted by Crippen LogP contribution is -2.01. The summed E-state index contributed by atoms with van der Waals surface area (Å²) in [5, 5.41) is 0. The number of hydrogen-bond donors (Lipinski definition) is 1. The molecule has 0 saturated heterocycles. The van der Waals surface area contributed by atoms with Gasteiger partial charge in [-0.1, -0.05) is 0 Å². The van der Waals surface area contributed by atoms with Gasteiger partial charge in [0.25, 0.3) is 0 Å². The van der Waals surface area contributed by atoms with Crippen LogP contribution >= 0.6 is 0 Å².